The molecule has 1 amide bonds. The third-order valence-electron chi connectivity index (χ3n) is 3.39. The number of hydrogen-bond acceptors (Lipinski definition) is 4. The Bertz CT molecular complexity index is 488. The van der Waals surface area contributed by atoms with Crippen molar-refractivity contribution in [2.75, 3.05) is 32.1 Å². The van der Waals surface area contributed by atoms with Crippen molar-refractivity contribution in [3.05, 3.63) is 23.2 Å². The maximum atomic E-state index is 12.0. The van der Waals surface area contributed by atoms with Crippen LogP contribution >= 0.6 is 36.4 Å². The molecular formula is C14H22Cl3N3O2. The fourth-order valence-electron chi connectivity index (χ4n) is 2.29. The summed E-state index contributed by atoms with van der Waals surface area (Å²) in [5.74, 6) is 0.844. The van der Waals surface area contributed by atoms with Gasteiger partial charge in [0.1, 0.15) is 5.75 Å². The number of nitrogens with one attached hydrogen (secondary N) is 1. The third-order valence-corrected chi connectivity index (χ3v) is 3.63. The van der Waals surface area contributed by atoms with Gasteiger partial charge >= 0.3 is 0 Å². The van der Waals surface area contributed by atoms with Gasteiger partial charge in [-0.15, -0.1) is 24.8 Å². The van der Waals surface area contributed by atoms with E-state index in [1.807, 2.05) is 4.90 Å². The summed E-state index contributed by atoms with van der Waals surface area (Å²) in [7, 11) is 1.60. The summed E-state index contributed by atoms with van der Waals surface area (Å²) in [5, 5.41) is 3.81. The molecule has 0 spiro atoms. The Morgan fingerprint density at radius 3 is 2.82 bits per heavy atom. The van der Waals surface area contributed by atoms with Gasteiger partial charge in [-0.3, -0.25) is 4.79 Å². The van der Waals surface area contributed by atoms with E-state index in [1.165, 1.54) is 0 Å². The fraction of sp³-hybridized carbons (Fsp3) is 0.500. The predicted molar refractivity (Wildman–Crippen MR) is 94.8 cm³/mol. The van der Waals surface area contributed by atoms with Crippen molar-refractivity contribution >= 4 is 48.0 Å². The topological polar surface area (TPSA) is 67.6 Å². The highest BCUT2D eigenvalue weighted by molar-refractivity contribution is 6.30. The van der Waals surface area contributed by atoms with E-state index >= 15 is 0 Å². The number of likely N-dealkylation sites (tertiary alicyclic amines) is 1. The molecule has 0 saturated carbocycles. The Kier molecular flexibility index (Phi) is 9.60. The van der Waals surface area contributed by atoms with Gasteiger partial charge in [0.15, 0.2) is 0 Å². The van der Waals surface area contributed by atoms with E-state index in [2.05, 4.69) is 5.32 Å². The number of ether oxygens (including phenoxy) is 1. The number of hydrogen-bond donors (Lipinski definition) is 2. The van der Waals surface area contributed by atoms with Crippen LogP contribution in [0.25, 0.3) is 0 Å². The van der Waals surface area contributed by atoms with Crippen molar-refractivity contribution in [3.8, 4) is 5.75 Å². The molecule has 0 bridgehead atoms. The fourth-order valence-corrected chi connectivity index (χ4v) is 2.47. The normalized spacial score (nSPS) is 16.5. The molecule has 8 heteroatoms. The summed E-state index contributed by atoms with van der Waals surface area (Å²) in [6.45, 7) is 1.97. The maximum absolute atomic E-state index is 12.0. The second-order valence-corrected chi connectivity index (χ2v) is 5.35. The highest BCUT2D eigenvalue weighted by atomic mass is 35.5. The Balaban J connectivity index is 0.00000220. The summed E-state index contributed by atoms with van der Waals surface area (Å²) in [4.78, 5) is 13.8. The lowest BCUT2D eigenvalue weighted by atomic mass is 10.2. The Hall–Kier alpha value is -0.880. The average molecular weight is 371 g/mol. The first kappa shape index (κ1) is 21.1. The number of amides is 1. The highest BCUT2D eigenvalue weighted by Crippen LogP contribution is 2.27. The molecule has 0 aliphatic carbocycles. The molecular weight excluding hydrogens is 349 g/mol. The van der Waals surface area contributed by atoms with Crippen LogP contribution in [0.4, 0.5) is 5.69 Å². The molecule has 5 nitrogen and oxygen atoms in total. The van der Waals surface area contributed by atoms with Crippen molar-refractivity contribution < 1.29 is 9.53 Å². The van der Waals surface area contributed by atoms with Crippen LogP contribution in [0.2, 0.25) is 5.02 Å². The van der Waals surface area contributed by atoms with Crippen LogP contribution in [-0.4, -0.2) is 43.6 Å². The van der Waals surface area contributed by atoms with Crippen LogP contribution in [0.5, 0.6) is 5.75 Å². The number of carbonyl (C=O) groups excluding carboxylic acids is 1. The molecule has 1 fully saturated rings. The highest BCUT2D eigenvalue weighted by Gasteiger charge is 2.22. The molecule has 0 radical (unpaired) electrons. The van der Waals surface area contributed by atoms with E-state index in [-0.39, 0.29) is 36.8 Å². The van der Waals surface area contributed by atoms with Gasteiger partial charge in [0.25, 0.3) is 0 Å². The number of rotatable bonds is 5. The Morgan fingerprint density at radius 2 is 2.23 bits per heavy atom. The van der Waals surface area contributed by atoms with Crippen LogP contribution in [-0.2, 0) is 4.79 Å². The standard InChI is InChI=1S/C14H20ClN3O2.2ClH/c1-20-13-3-2-10(15)8-12(13)17-6-4-14(19)18-7-5-11(16)9-18;;/h2-3,8,11,17H,4-7,9,16H2,1H3;2*1H/t11-;;/m1../s1. The minimum absolute atomic E-state index is 0. The molecule has 2 rings (SSSR count). The lowest BCUT2D eigenvalue weighted by molar-refractivity contribution is -0.129. The van der Waals surface area contributed by atoms with Crippen LogP contribution in [0.1, 0.15) is 12.8 Å². The van der Waals surface area contributed by atoms with Gasteiger partial charge in [-0.2, -0.15) is 0 Å². The molecule has 1 aromatic rings. The molecule has 0 unspecified atom stereocenters. The number of methoxy groups -OCH3 is 1. The van der Waals surface area contributed by atoms with E-state index in [9.17, 15) is 4.79 Å². The monoisotopic (exact) mass is 369 g/mol. The quantitative estimate of drug-likeness (QED) is 0.836. The number of nitrogens with zero attached hydrogens (tertiary/aromatic N) is 1. The zero-order chi connectivity index (χ0) is 14.5. The van der Waals surface area contributed by atoms with E-state index in [0.29, 0.717) is 30.3 Å². The van der Waals surface area contributed by atoms with Crippen molar-refractivity contribution in [1.82, 2.24) is 4.90 Å². The minimum atomic E-state index is 0. The van der Waals surface area contributed by atoms with Crippen molar-refractivity contribution in [2.45, 2.75) is 18.9 Å². The molecule has 1 saturated heterocycles. The first-order valence-corrected chi connectivity index (χ1v) is 7.08. The molecule has 1 atom stereocenters. The van der Waals surface area contributed by atoms with Gasteiger partial charge in [0.2, 0.25) is 5.91 Å². The number of nitrogens with two attached hydrogens (primary N) is 1. The lowest BCUT2D eigenvalue weighted by Gasteiger charge is -2.16. The van der Waals surface area contributed by atoms with Crippen LogP contribution < -0.4 is 15.8 Å². The molecule has 3 N–H and O–H groups in total. The first-order valence-electron chi connectivity index (χ1n) is 6.71. The minimum Gasteiger partial charge on any atom is -0.495 e. The zero-order valence-corrected chi connectivity index (χ0v) is 14.8. The average Bonchev–Trinajstić information content (AvgIpc) is 2.86. The molecule has 0 aromatic heterocycles. The van der Waals surface area contributed by atoms with E-state index in [0.717, 1.165) is 18.7 Å². The molecule has 1 heterocycles. The van der Waals surface area contributed by atoms with E-state index in [1.54, 1.807) is 25.3 Å². The number of halogens is 3. The van der Waals surface area contributed by atoms with Gasteiger partial charge in [0.05, 0.1) is 12.8 Å². The Morgan fingerprint density at radius 1 is 1.50 bits per heavy atom. The molecule has 1 aromatic carbocycles. The zero-order valence-electron chi connectivity index (χ0n) is 12.4. The van der Waals surface area contributed by atoms with E-state index < -0.39 is 0 Å². The third kappa shape index (κ3) is 5.72. The number of anilines is 1. The summed E-state index contributed by atoms with van der Waals surface area (Å²) in [6.07, 6.45) is 1.32. The molecule has 1 aliphatic heterocycles. The molecule has 1 aliphatic rings. The van der Waals surface area contributed by atoms with E-state index in [4.69, 9.17) is 22.1 Å². The largest absolute Gasteiger partial charge is 0.495 e. The second kappa shape index (κ2) is 10.0. The summed E-state index contributed by atoms with van der Waals surface area (Å²) in [6, 6.07) is 5.48. The Labute approximate surface area is 148 Å². The van der Waals surface area contributed by atoms with Crippen LogP contribution in [0, 0.1) is 0 Å². The van der Waals surface area contributed by atoms with Crippen molar-refractivity contribution in [3.63, 3.8) is 0 Å². The van der Waals surface area contributed by atoms with Crippen molar-refractivity contribution in [2.24, 2.45) is 5.73 Å². The SMILES string of the molecule is COc1ccc(Cl)cc1NCCC(=O)N1CC[C@@H](N)C1.Cl.Cl. The van der Waals surface area contributed by atoms with Gasteiger partial charge in [0, 0.05) is 37.1 Å². The van der Waals surface area contributed by atoms with Gasteiger partial charge < -0.3 is 20.7 Å². The van der Waals surface area contributed by atoms with Crippen molar-refractivity contribution in [1.29, 1.82) is 0 Å². The van der Waals surface area contributed by atoms with Crippen LogP contribution in [0.15, 0.2) is 18.2 Å². The number of benzene rings is 1. The summed E-state index contributed by atoms with van der Waals surface area (Å²) >= 11 is 5.95. The summed E-state index contributed by atoms with van der Waals surface area (Å²) < 4.78 is 5.24. The van der Waals surface area contributed by atoms with Gasteiger partial charge in [-0.1, -0.05) is 11.6 Å². The molecule has 126 valence electrons. The maximum Gasteiger partial charge on any atom is 0.224 e. The number of carbonyl (C=O) groups is 1. The smallest absolute Gasteiger partial charge is 0.224 e. The first-order chi connectivity index (χ1) is 9.60. The molecule has 22 heavy (non-hydrogen) atoms. The second-order valence-electron chi connectivity index (χ2n) is 4.91. The summed E-state index contributed by atoms with van der Waals surface area (Å²) in [5.41, 5.74) is 6.59. The van der Waals surface area contributed by atoms with Gasteiger partial charge in [-0.25, -0.2) is 0 Å². The lowest BCUT2D eigenvalue weighted by Crippen LogP contribution is -2.32. The predicted octanol–water partition coefficient (Wildman–Crippen LogP) is 2.55. The van der Waals surface area contributed by atoms with Gasteiger partial charge in [-0.05, 0) is 24.6 Å². The van der Waals surface area contributed by atoms with Crippen LogP contribution in [0.3, 0.4) is 0 Å².